The molecule has 0 aromatic carbocycles. The summed E-state index contributed by atoms with van der Waals surface area (Å²) in [6.07, 6.45) is 7.23. The normalized spacial score (nSPS) is 19.3. The van der Waals surface area contributed by atoms with Crippen LogP contribution in [0.3, 0.4) is 0 Å². The number of nitrogens with one attached hydrogen (secondary N) is 2. The number of allylic oxidation sites excluding steroid dienone is 2. The standard InChI is InChI=1S/C15H26N2O3/c1-3-14(18)16-10-11-17-15(19)20-13-8-4-6-12(2)7-5-9-13/h6,13H,3-5,7-11H2,1-2H3,(H,16,18)(H,17,19). The minimum atomic E-state index is -0.387. The number of rotatable bonds is 5. The van der Waals surface area contributed by atoms with Crippen molar-refractivity contribution in [1.29, 1.82) is 0 Å². The molecule has 0 fully saturated rings. The largest absolute Gasteiger partial charge is 0.446 e. The lowest BCUT2D eigenvalue weighted by molar-refractivity contribution is -0.120. The monoisotopic (exact) mass is 282 g/mol. The average molecular weight is 282 g/mol. The Morgan fingerprint density at radius 2 is 2.05 bits per heavy atom. The molecule has 0 aromatic rings. The summed E-state index contributed by atoms with van der Waals surface area (Å²) >= 11 is 0. The molecular formula is C15H26N2O3. The molecule has 0 heterocycles. The second kappa shape index (κ2) is 9.39. The number of ether oxygens (including phenoxy) is 1. The Bertz CT molecular complexity index is 353. The minimum absolute atomic E-state index is 0.00424. The van der Waals surface area contributed by atoms with Gasteiger partial charge in [0.15, 0.2) is 0 Å². The molecule has 5 nitrogen and oxygen atoms in total. The highest BCUT2D eigenvalue weighted by Gasteiger charge is 2.15. The van der Waals surface area contributed by atoms with Gasteiger partial charge in [-0.1, -0.05) is 18.6 Å². The van der Waals surface area contributed by atoms with Crippen LogP contribution >= 0.6 is 0 Å². The number of hydrogen-bond donors (Lipinski definition) is 2. The van der Waals surface area contributed by atoms with Gasteiger partial charge in [-0.05, 0) is 39.0 Å². The van der Waals surface area contributed by atoms with E-state index in [9.17, 15) is 9.59 Å². The topological polar surface area (TPSA) is 67.4 Å². The summed E-state index contributed by atoms with van der Waals surface area (Å²) in [6.45, 7) is 4.78. The third-order valence-corrected chi connectivity index (χ3v) is 3.39. The minimum Gasteiger partial charge on any atom is -0.446 e. The molecule has 0 saturated heterocycles. The van der Waals surface area contributed by atoms with Gasteiger partial charge in [-0.3, -0.25) is 4.79 Å². The molecule has 0 bridgehead atoms. The van der Waals surface area contributed by atoms with Crippen molar-refractivity contribution in [3.63, 3.8) is 0 Å². The van der Waals surface area contributed by atoms with Crippen molar-refractivity contribution < 1.29 is 14.3 Å². The van der Waals surface area contributed by atoms with Gasteiger partial charge in [-0.2, -0.15) is 0 Å². The molecule has 20 heavy (non-hydrogen) atoms. The van der Waals surface area contributed by atoms with Crippen LogP contribution in [-0.2, 0) is 9.53 Å². The Hall–Kier alpha value is -1.52. The Kier molecular flexibility index (Phi) is 7.77. The maximum atomic E-state index is 11.6. The van der Waals surface area contributed by atoms with E-state index in [0.29, 0.717) is 19.5 Å². The number of amides is 2. The van der Waals surface area contributed by atoms with Crippen LogP contribution < -0.4 is 10.6 Å². The number of carbonyl (C=O) groups excluding carboxylic acids is 2. The van der Waals surface area contributed by atoms with Crippen LogP contribution in [0, 0.1) is 0 Å². The first-order valence-corrected chi connectivity index (χ1v) is 7.48. The van der Waals surface area contributed by atoms with Crippen molar-refractivity contribution >= 4 is 12.0 Å². The third-order valence-electron chi connectivity index (χ3n) is 3.39. The fourth-order valence-electron chi connectivity index (χ4n) is 2.17. The lowest BCUT2D eigenvalue weighted by Gasteiger charge is -2.19. The summed E-state index contributed by atoms with van der Waals surface area (Å²) < 4.78 is 5.40. The van der Waals surface area contributed by atoms with E-state index in [1.807, 2.05) is 0 Å². The van der Waals surface area contributed by atoms with Gasteiger partial charge in [0.2, 0.25) is 5.91 Å². The van der Waals surface area contributed by atoms with Crippen molar-refractivity contribution in [3.05, 3.63) is 11.6 Å². The second-order valence-electron chi connectivity index (χ2n) is 5.18. The summed E-state index contributed by atoms with van der Waals surface area (Å²) in [5.74, 6) is -0.0117. The zero-order valence-corrected chi connectivity index (χ0v) is 12.5. The number of hydrogen-bond acceptors (Lipinski definition) is 3. The predicted molar refractivity (Wildman–Crippen MR) is 78.4 cm³/mol. The van der Waals surface area contributed by atoms with Crippen LogP contribution in [0.2, 0.25) is 0 Å². The Morgan fingerprint density at radius 1 is 1.30 bits per heavy atom. The molecule has 0 radical (unpaired) electrons. The van der Waals surface area contributed by atoms with Crippen molar-refractivity contribution in [2.75, 3.05) is 13.1 Å². The first kappa shape index (κ1) is 16.5. The fourth-order valence-corrected chi connectivity index (χ4v) is 2.17. The second-order valence-corrected chi connectivity index (χ2v) is 5.18. The number of alkyl carbamates (subject to hydrolysis) is 1. The van der Waals surface area contributed by atoms with Crippen molar-refractivity contribution in [2.24, 2.45) is 0 Å². The lowest BCUT2D eigenvalue weighted by atomic mass is 9.99. The molecule has 1 aliphatic rings. The van der Waals surface area contributed by atoms with E-state index >= 15 is 0 Å². The van der Waals surface area contributed by atoms with Crippen LogP contribution in [0.15, 0.2) is 11.6 Å². The molecule has 1 rings (SSSR count). The quantitative estimate of drug-likeness (QED) is 0.601. The van der Waals surface area contributed by atoms with Gasteiger partial charge in [0, 0.05) is 19.5 Å². The molecule has 2 amide bonds. The fraction of sp³-hybridized carbons (Fsp3) is 0.733. The van der Waals surface area contributed by atoms with Gasteiger partial charge in [0.05, 0.1) is 0 Å². The Labute approximate surface area is 121 Å². The Morgan fingerprint density at radius 3 is 2.80 bits per heavy atom. The molecular weight excluding hydrogens is 256 g/mol. The molecule has 0 spiro atoms. The summed E-state index contributed by atoms with van der Waals surface area (Å²) in [6, 6.07) is 0. The van der Waals surface area contributed by atoms with E-state index in [1.54, 1.807) is 6.92 Å². The van der Waals surface area contributed by atoms with Crippen LogP contribution in [-0.4, -0.2) is 31.2 Å². The molecule has 1 aliphatic carbocycles. The smallest absolute Gasteiger partial charge is 0.407 e. The summed E-state index contributed by atoms with van der Waals surface area (Å²) in [5, 5.41) is 5.36. The maximum absolute atomic E-state index is 11.6. The summed E-state index contributed by atoms with van der Waals surface area (Å²) in [7, 11) is 0. The van der Waals surface area contributed by atoms with E-state index in [4.69, 9.17) is 4.74 Å². The highest BCUT2D eigenvalue weighted by atomic mass is 16.6. The van der Waals surface area contributed by atoms with Crippen molar-refractivity contribution in [3.8, 4) is 0 Å². The van der Waals surface area contributed by atoms with E-state index in [2.05, 4.69) is 23.6 Å². The van der Waals surface area contributed by atoms with Crippen molar-refractivity contribution in [2.45, 2.75) is 58.5 Å². The first-order valence-electron chi connectivity index (χ1n) is 7.48. The maximum Gasteiger partial charge on any atom is 0.407 e. The highest BCUT2D eigenvalue weighted by Crippen LogP contribution is 2.19. The van der Waals surface area contributed by atoms with Gasteiger partial charge >= 0.3 is 6.09 Å². The van der Waals surface area contributed by atoms with Gasteiger partial charge in [0.1, 0.15) is 6.10 Å². The van der Waals surface area contributed by atoms with Gasteiger partial charge in [-0.25, -0.2) is 4.79 Å². The SMILES string of the molecule is CCC(=O)NCCNC(=O)OC1CCC=C(C)CCC1. The molecule has 2 N–H and O–H groups in total. The number of carbonyl (C=O) groups is 2. The zero-order chi connectivity index (χ0) is 14.8. The van der Waals surface area contributed by atoms with Crippen LogP contribution in [0.1, 0.15) is 52.4 Å². The van der Waals surface area contributed by atoms with Crippen LogP contribution in [0.25, 0.3) is 0 Å². The van der Waals surface area contributed by atoms with Crippen LogP contribution in [0.4, 0.5) is 4.79 Å². The van der Waals surface area contributed by atoms with Crippen molar-refractivity contribution in [1.82, 2.24) is 10.6 Å². The predicted octanol–water partition coefficient (Wildman–Crippen LogP) is 2.52. The molecule has 0 aromatic heterocycles. The Balaban J connectivity index is 2.16. The molecule has 1 atom stereocenters. The van der Waals surface area contributed by atoms with Crippen LogP contribution in [0.5, 0.6) is 0 Å². The zero-order valence-electron chi connectivity index (χ0n) is 12.5. The van der Waals surface area contributed by atoms with E-state index in [0.717, 1.165) is 32.1 Å². The molecule has 1 unspecified atom stereocenters. The molecule has 114 valence electrons. The van der Waals surface area contributed by atoms with E-state index in [1.165, 1.54) is 5.57 Å². The van der Waals surface area contributed by atoms with Gasteiger partial charge < -0.3 is 15.4 Å². The molecule has 0 saturated carbocycles. The summed E-state index contributed by atoms with van der Waals surface area (Å²) in [4.78, 5) is 22.6. The van der Waals surface area contributed by atoms with Gasteiger partial charge in [-0.15, -0.1) is 0 Å². The summed E-state index contributed by atoms with van der Waals surface area (Å²) in [5.41, 5.74) is 1.43. The lowest BCUT2D eigenvalue weighted by Crippen LogP contribution is -2.36. The molecule has 0 aliphatic heterocycles. The highest BCUT2D eigenvalue weighted by molar-refractivity contribution is 5.75. The first-order chi connectivity index (χ1) is 9.61. The third kappa shape index (κ3) is 7.16. The van der Waals surface area contributed by atoms with Gasteiger partial charge in [0.25, 0.3) is 0 Å². The van der Waals surface area contributed by atoms with E-state index < -0.39 is 0 Å². The van der Waals surface area contributed by atoms with E-state index in [-0.39, 0.29) is 18.1 Å². The molecule has 5 heteroatoms. The average Bonchev–Trinajstić information content (AvgIpc) is 2.40.